The Labute approximate surface area is 198 Å². The van der Waals surface area contributed by atoms with E-state index in [9.17, 15) is 9.90 Å². The second kappa shape index (κ2) is 12.6. The molecule has 2 unspecified atom stereocenters. The minimum absolute atomic E-state index is 0.00309. The van der Waals surface area contributed by atoms with Gasteiger partial charge in [0.2, 0.25) is 0 Å². The number of aliphatic hydroxyl groups excluding tert-OH is 1. The summed E-state index contributed by atoms with van der Waals surface area (Å²) in [5, 5.41) is 10.7. The van der Waals surface area contributed by atoms with Crippen molar-refractivity contribution in [1.82, 2.24) is 9.80 Å². The molecule has 1 aliphatic heterocycles. The number of carbonyl (C=O) groups is 1. The van der Waals surface area contributed by atoms with Gasteiger partial charge in [0.05, 0.1) is 12.7 Å². The SMILES string of the molecule is CCOc1cc(CC2CN(Cc3ccccc3)CCC2O)ccc1OCC(=O)N(CC)CC. The molecule has 180 valence electrons. The second-order valence-electron chi connectivity index (χ2n) is 8.61. The van der Waals surface area contributed by atoms with Crippen molar-refractivity contribution in [2.24, 2.45) is 5.92 Å². The zero-order valence-corrected chi connectivity index (χ0v) is 20.2. The van der Waals surface area contributed by atoms with E-state index in [1.54, 1.807) is 4.90 Å². The van der Waals surface area contributed by atoms with E-state index < -0.39 is 0 Å². The second-order valence-corrected chi connectivity index (χ2v) is 8.61. The smallest absolute Gasteiger partial charge is 0.260 e. The van der Waals surface area contributed by atoms with Crippen LogP contribution in [0.25, 0.3) is 0 Å². The van der Waals surface area contributed by atoms with Crippen molar-refractivity contribution in [1.29, 1.82) is 0 Å². The molecule has 1 heterocycles. The minimum Gasteiger partial charge on any atom is -0.490 e. The van der Waals surface area contributed by atoms with Crippen molar-refractivity contribution in [2.75, 3.05) is 39.4 Å². The molecule has 1 saturated heterocycles. The molecule has 6 heteroatoms. The lowest BCUT2D eigenvalue weighted by Crippen LogP contribution is -2.43. The molecule has 1 fully saturated rings. The van der Waals surface area contributed by atoms with Gasteiger partial charge in [0, 0.05) is 38.6 Å². The zero-order chi connectivity index (χ0) is 23.6. The Bertz CT molecular complexity index is 870. The number of benzene rings is 2. The van der Waals surface area contributed by atoms with Crippen LogP contribution in [0.2, 0.25) is 0 Å². The molecule has 2 aromatic carbocycles. The normalized spacial score (nSPS) is 18.7. The van der Waals surface area contributed by atoms with E-state index in [4.69, 9.17) is 9.47 Å². The Morgan fingerprint density at radius 1 is 1.03 bits per heavy atom. The summed E-state index contributed by atoms with van der Waals surface area (Å²) in [5.74, 6) is 1.35. The van der Waals surface area contributed by atoms with Gasteiger partial charge < -0.3 is 19.5 Å². The van der Waals surface area contributed by atoms with Crippen LogP contribution >= 0.6 is 0 Å². The standard InChI is InChI=1S/C27H38N2O4/c1-4-29(5-2)27(31)20-33-25-13-12-22(17-26(25)32-6-3)16-23-19-28(15-14-24(23)30)18-21-10-8-7-9-11-21/h7-13,17,23-24,30H,4-6,14-16,18-20H2,1-3H3. The summed E-state index contributed by atoms with van der Waals surface area (Å²) in [7, 11) is 0. The fraction of sp³-hybridized carbons (Fsp3) is 0.519. The average molecular weight is 455 g/mol. The maximum Gasteiger partial charge on any atom is 0.260 e. The molecule has 1 aliphatic rings. The summed E-state index contributed by atoms with van der Waals surface area (Å²) < 4.78 is 11.6. The number of likely N-dealkylation sites (tertiary alicyclic amines) is 1. The van der Waals surface area contributed by atoms with E-state index >= 15 is 0 Å². The van der Waals surface area contributed by atoms with Crippen LogP contribution in [0.3, 0.4) is 0 Å². The maximum atomic E-state index is 12.3. The van der Waals surface area contributed by atoms with Crippen molar-refractivity contribution >= 4 is 5.91 Å². The lowest BCUT2D eigenvalue weighted by Gasteiger charge is -2.36. The Balaban J connectivity index is 1.64. The van der Waals surface area contributed by atoms with Crippen LogP contribution in [0.1, 0.15) is 38.3 Å². The van der Waals surface area contributed by atoms with Gasteiger partial charge in [-0.25, -0.2) is 0 Å². The van der Waals surface area contributed by atoms with Crippen LogP contribution in [0.5, 0.6) is 11.5 Å². The number of likely N-dealkylation sites (N-methyl/N-ethyl adjacent to an activating group) is 1. The fourth-order valence-corrected chi connectivity index (χ4v) is 4.46. The van der Waals surface area contributed by atoms with Gasteiger partial charge in [-0.05, 0) is 56.9 Å². The number of amides is 1. The van der Waals surface area contributed by atoms with Crippen LogP contribution < -0.4 is 9.47 Å². The summed E-state index contributed by atoms with van der Waals surface area (Å²) in [4.78, 5) is 16.5. The number of nitrogens with zero attached hydrogens (tertiary/aromatic N) is 2. The van der Waals surface area contributed by atoms with Crippen LogP contribution in [0.15, 0.2) is 48.5 Å². The number of hydrogen-bond donors (Lipinski definition) is 1. The molecular formula is C27H38N2O4. The molecule has 3 rings (SSSR count). The van der Waals surface area contributed by atoms with Crippen LogP contribution in [-0.4, -0.2) is 66.3 Å². The zero-order valence-electron chi connectivity index (χ0n) is 20.2. The molecule has 2 atom stereocenters. The van der Waals surface area contributed by atoms with Gasteiger partial charge in [0.1, 0.15) is 0 Å². The summed E-state index contributed by atoms with van der Waals surface area (Å²) in [6.07, 6.45) is 1.24. The topological polar surface area (TPSA) is 62.2 Å². The Hall–Kier alpha value is -2.57. The minimum atomic E-state index is -0.310. The van der Waals surface area contributed by atoms with E-state index in [2.05, 4.69) is 29.2 Å². The number of piperidine rings is 1. The predicted molar refractivity (Wildman–Crippen MR) is 131 cm³/mol. The number of carbonyl (C=O) groups excluding carboxylic acids is 1. The van der Waals surface area contributed by atoms with E-state index in [0.717, 1.165) is 38.0 Å². The molecule has 0 aromatic heterocycles. The maximum absolute atomic E-state index is 12.3. The van der Waals surface area contributed by atoms with Crippen molar-refractivity contribution in [3.8, 4) is 11.5 Å². The molecular weight excluding hydrogens is 416 g/mol. The quantitative estimate of drug-likeness (QED) is 0.560. The van der Waals surface area contributed by atoms with E-state index in [1.807, 2.05) is 45.0 Å². The largest absolute Gasteiger partial charge is 0.490 e. The first-order chi connectivity index (χ1) is 16.0. The number of ether oxygens (including phenoxy) is 2. The molecule has 0 bridgehead atoms. The predicted octanol–water partition coefficient (Wildman–Crippen LogP) is 3.76. The lowest BCUT2D eigenvalue weighted by atomic mass is 9.88. The Kier molecular flexibility index (Phi) is 9.58. The van der Waals surface area contributed by atoms with Crippen molar-refractivity contribution in [3.05, 3.63) is 59.7 Å². The van der Waals surface area contributed by atoms with Gasteiger partial charge in [-0.1, -0.05) is 36.4 Å². The van der Waals surface area contributed by atoms with Crippen LogP contribution in [0, 0.1) is 5.92 Å². The molecule has 6 nitrogen and oxygen atoms in total. The van der Waals surface area contributed by atoms with Gasteiger partial charge in [0.15, 0.2) is 18.1 Å². The lowest BCUT2D eigenvalue weighted by molar-refractivity contribution is -0.132. The Morgan fingerprint density at radius 3 is 2.48 bits per heavy atom. The first kappa shape index (κ1) is 25.1. The van der Waals surface area contributed by atoms with Crippen molar-refractivity contribution in [3.63, 3.8) is 0 Å². The van der Waals surface area contributed by atoms with Gasteiger partial charge in [-0.15, -0.1) is 0 Å². The third-order valence-electron chi connectivity index (χ3n) is 6.30. The van der Waals surface area contributed by atoms with Gasteiger partial charge in [-0.2, -0.15) is 0 Å². The summed E-state index contributed by atoms with van der Waals surface area (Å²) in [6.45, 7) is 10.4. The molecule has 1 N–H and O–H groups in total. The van der Waals surface area contributed by atoms with E-state index in [1.165, 1.54) is 5.56 Å². The van der Waals surface area contributed by atoms with Gasteiger partial charge in [0.25, 0.3) is 5.91 Å². The molecule has 0 radical (unpaired) electrons. The van der Waals surface area contributed by atoms with Crippen molar-refractivity contribution in [2.45, 2.75) is 46.3 Å². The first-order valence-corrected chi connectivity index (χ1v) is 12.1. The monoisotopic (exact) mass is 454 g/mol. The molecule has 0 aliphatic carbocycles. The molecule has 33 heavy (non-hydrogen) atoms. The van der Waals surface area contributed by atoms with Crippen LogP contribution in [0.4, 0.5) is 0 Å². The summed E-state index contributed by atoms with van der Waals surface area (Å²) in [6, 6.07) is 16.4. The van der Waals surface area contributed by atoms with Crippen LogP contribution in [-0.2, 0) is 17.8 Å². The highest BCUT2D eigenvalue weighted by atomic mass is 16.5. The highest BCUT2D eigenvalue weighted by Gasteiger charge is 2.28. The third kappa shape index (κ3) is 7.21. The number of aliphatic hydroxyl groups is 1. The summed E-state index contributed by atoms with van der Waals surface area (Å²) >= 11 is 0. The number of rotatable bonds is 11. The molecule has 0 spiro atoms. The van der Waals surface area contributed by atoms with Gasteiger partial charge in [-0.3, -0.25) is 9.69 Å². The molecule has 2 aromatic rings. The molecule has 1 amide bonds. The third-order valence-corrected chi connectivity index (χ3v) is 6.30. The van der Waals surface area contributed by atoms with Crippen molar-refractivity contribution < 1.29 is 19.4 Å². The summed E-state index contributed by atoms with van der Waals surface area (Å²) in [5.41, 5.74) is 2.40. The molecule has 0 saturated carbocycles. The number of hydrogen-bond acceptors (Lipinski definition) is 5. The fourth-order valence-electron chi connectivity index (χ4n) is 4.46. The highest BCUT2D eigenvalue weighted by molar-refractivity contribution is 5.77. The Morgan fingerprint density at radius 2 is 1.79 bits per heavy atom. The van der Waals surface area contributed by atoms with E-state index in [-0.39, 0.29) is 24.5 Å². The van der Waals surface area contributed by atoms with E-state index in [0.29, 0.717) is 31.2 Å². The average Bonchev–Trinajstić information content (AvgIpc) is 2.82. The first-order valence-electron chi connectivity index (χ1n) is 12.1. The highest BCUT2D eigenvalue weighted by Crippen LogP contribution is 2.31. The van der Waals surface area contributed by atoms with Gasteiger partial charge >= 0.3 is 0 Å².